The van der Waals surface area contributed by atoms with Gasteiger partial charge in [0, 0.05) is 35.8 Å². The second kappa shape index (κ2) is 8.41. The monoisotopic (exact) mass is 395 g/mol. The first-order valence-corrected chi connectivity index (χ1v) is 10.3. The Bertz CT molecular complexity index is 1030. The molecule has 1 atom stereocenters. The van der Waals surface area contributed by atoms with Gasteiger partial charge in [-0.25, -0.2) is 9.37 Å². The van der Waals surface area contributed by atoms with Crippen LogP contribution in [0.1, 0.15) is 30.5 Å². The van der Waals surface area contributed by atoms with Crippen LogP contribution in [0.15, 0.2) is 53.2 Å². The molecule has 2 aromatic heterocycles. The molecular formula is C23H26FN3O2. The Balaban J connectivity index is 1.34. The van der Waals surface area contributed by atoms with Crippen LogP contribution in [0.4, 0.5) is 4.39 Å². The molecular weight excluding hydrogens is 369 g/mol. The molecule has 2 aromatic rings. The molecule has 1 aliphatic carbocycles. The molecule has 3 heterocycles. The first-order chi connectivity index (χ1) is 14.0. The Morgan fingerprint density at radius 3 is 2.79 bits per heavy atom. The zero-order valence-electron chi connectivity index (χ0n) is 16.7. The van der Waals surface area contributed by atoms with Crippen molar-refractivity contribution in [3.05, 3.63) is 70.1 Å². The van der Waals surface area contributed by atoms with E-state index in [2.05, 4.69) is 9.88 Å². The number of nitrogens with zero attached hydrogens (tertiary/aromatic N) is 3. The highest BCUT2D eigenvalue weighted by atomic mass is 19.1. The predicted octanol–water partition coefficient (Wildman–Crippen LogP) is 3.26. The molecule has 0 spiro atoms. The van der Waals surface area contributed by atoms with Gasteiger partial charge >= 0.3 is 0 Å². The summed E-state index contributed by atoms with van der Waals surface area (Å²) in [5.74, 6) is -0.154. The number of ketones is 1. The highest BCUT2D eigenvalue weighted by Gasteiger charge is 2.29. The number of hydrogen-bond donors (Lipinski definition) is 0. The summed E-state index contributed by atoms with van der Waals surface area (Å²) in [5.41, 5.74) is 2.22. The predicted molar refractivity (Wildman–Crippen MR) is 111 cm³/mol. The van der Waals surface area contributed by atoms with Crippen LogP contribution >= 0.6 is 0 Å². The molecule has 29 heavy (non-hydrogen) atoms. The highest BCUT2D eigenvalue weighted by molar-refractivity contribution is 5.85. The van der Waals surface area contributed by atoms with Crippen LogP contribution in [0, 0.1) is 18.8 Å². The number of hydrogen-bond acceptors (Lipinski definition) is 4. The van der Waals surface area contributed by atoms with Crippen LogP contribution in [-0.4, -0.2) is 39.7 Å². The Labute approximate surface area is 169 Å². The number of allylic oxidation sites excluding steroid dienone is 4. The molecule has 0 saturated carbocycles. The number of carbonyl (C=O) groups excluding carboxylic acids is 1. The van der Waals surface area contributed by atoms with Crippen molar-refractivity contribution in [3.8, 4) is 0 Å². The Morgan fingerprint density at radius 1 is 1.28 bits per heavy atom. The van der Waals surface area contributed by atoms with Crippen molar-refractivity contribution in [2.24, 2.45) is 11.8 Å². The second-order valence-corrected chi connectivity index (χ2v) is 7.97. The summed E-state index contributed by atoms with van der Waals surface area (Å²) in [5, 5.41) is 0. The molecule has 0 radical (unpaired) electrons. The van der Waals surface area contributed by atoms with E-state index in [9.17, 15) is 14.0 Å². The Hall–Kier alpha value is -2.60. The van der Waals surface area contributed by atoms with Gasteiger partial charge in [0.25, 0.3) is 5.56 Å². The third-order valence-corrected chi connectivity index (χ3v) is 6.12. The fraction of sp³-hybridized carbons (Fsp3) is 0.435. The number of fused-ring (bicyclic) bond motifs is 1. The number of piperidine rings is 1. The van der Waals surface area contributed by atoms with Gasteiger partial charge in [0.2, 0.25) is 0 Å². The van der Waals surface area contributed by atoms with Crippen molar-refractivity contribution in [3.63, 3.8) is 0 Å². The minimum Gasteiger partial charge on any atom is -0.303 e. The van der Waals surface area contributed by atoms with Crippen LogP contribution in [0.3, 0.4) is 0 Å². The topological polar surface area (TPSA) is 54.7 Å². The van der Waals surface area contributed by atoms with Crippen LogP contribution in [0.2, 0.25) is 0 Å². The smallest absolute Gasteiger partial charge is 0.261 e. The standard InChI is InChI=1S/C23H26FN3O2/c1-16-20(23(29)27-12-3-2-4-21(27)25-16)11-15-26-13-9-18(10-14-26)22(28)17-5-7-19(24)8-6-17/h2-5,7-8,12,17-18H,6,9-11,13-15H2,1H3. The van der Waals surface area contributed by atoms with Gasteiger partial charge < -0.3 is 4.90 Å². The van der Waals surface area contributed by atoms with Crippen LogP contribution in [-0.2, 0) is 11.2 Å². The summed E-state index contributed by atoms with van der Waals surface area (Å²) in [6.07, 6.45) is 9.13. The largest absolute Gasteiger partial charge is 0.303 e. The van der Waals surface area contributed by atoms with Gasteiger partial charge in [-0.1, -0.05) is 12.1 Å². The number of aromatic nitrogens is 2. The van der Waals surface area contributed by atoms with E-state index in [0.717, 1.165) is 43.7 Å². The van der Waals surface area contributed by atoms with E-state index < -0.39 is 0 Å². The van der Waals surface area contributed by atoms with Crippen molar-refractivity contribution in [2.75, 3.05) is 19.6 Å². The van der Waals surface area contributed by atoms with E-state index in [4.69, 9.17) is 0 Å². The molecule has 4 rings (SSSR count). The van der Waals surface area contributed by atoms with Crippen LogP contribution in [0.5, 0.6) is 0 Å². The third kappa shape index (κ3) is 4.22. The summed E-state index contributed by atoms with van der Waals surface area (Å²) in [4.78, 5) is 32.3. The fourth-order valence-corrected chi connectivity index (χ4v) is 4.34. The normalized spacial score (nSPS) is 20.8. The van der Waals surface area contributed by atoms with Crippen LogP contribution in [0.25, 0.3) is 5.65 Å². The zero-order valence-corrected chi connectivity index (χ0v) is 16.7. The van der Waals surface area contributed by atoms with E-state index in [-0.39, 0.29) is 29.0 Å². The van der Waals surface area contributed by atoms with Crippen molar-refractivity contribution < 1.29 is 9.18 Å². The maximum absolute atomic E-state index is 13.1. The molecule has 0 N–H and O–H groups in total. The lowest BCUT2D eigenvalue weighted by Gasteiger charge is -2.32. The molecule has 0 aromatic carbocycles. The molecule has 0 bridgehead atoms. The zero-order chi connectivity index (χ0) is 20.4. The van der Waals surface area contributed by atoms with Gasteiger partial charge in [0.05, 0.1) is 0 Å². The number of Topliss-reactive ketones (excluding diaryl/α,β-unsaturated/α-hetero) is 1. The summed E-state index contributed by atoms with van der Waals surface area (Å²) in [6, 6.07) is 5.55. The fourth-order valence-electron chi connectivity index (χ4n) is 4.34. The van der Waals surface area contributed by atoms with Gasteiger partial charge in [-0.15, -0.1) is 0 Å². The lowest BCUT2D eigenvalue weighted by molar-refractivity contribution is -0.126. The minimum absolute atomic E-state index is 0.00235. The highest BCUT2D eigenvalue weighted by Crippen LogP contribution is 2.26. The van der Waals surface area contributed by atoms with E-state index in [1.54, 1.807) is 16.7 Å². The van der Waals surface area contributed by atoms with Gasteiger partial charge in [0.1, 0.15) is 17.3 Å². The molecule has 1 aliphatic heterocycles. The summed E-state index contributed by atoms with van der Waals surface area (Å²) in [6.45, 7) is 4.37. The average Bonchev–Trinajstić information content (AvgIpc) is 2.74. The molecule has 6 heteroatoms. The van der Waals surface area contributed by atoms with Crippen molar-refractivity contribution >= 4 is 11.4 Å². The van der Waals surface area contributed by atoms with Crippen molar-refractivity contribution in [1.82, 2.24) is 14.3 Å². The van der Waals surface area contributed by atoms with Gasteiger partial charge in [0.15, 0.2) is 0 Å². The molecule has 1 unspecified atom stereocenters. The van der Waals surface area contributed by atoms with E-state index in [0.29, 0.717) is 18.5 Å². The number of aryl methyl sites for hydroxylation is 1. The quantitative estimate of drug-likeness (QED) is 0.780. The average molecular weight is 395 g/mol. The number of likely N-dealkylation sites (tertiary alicyclic amines) is 1. The maximum Gasteiger partial charge on any atom is 0.261 e. The van der Waals surface area contributed by atoms with Crippen LogP contribution < -0.4 is 5.56 Å². The van der Waals surface area contributed by atoms with E-state index >= 15 is 0 Å². The SMILES string of the molecule is Cc1nc2ccccn2c(=O)c1CCN1CCC(C(=O)C2C=CC(F)=CC2)CC1. The van der Waals surface area contributed by atoms with Crippen molar-refractivity contribution in [1.29, 1.82) is 0 Å². The molecule has 2 aliphatic rings. The first-order valence-electron chi connectivity index (χ1n) is 10.3. The molecule has 152 valence electrons. The maximum atomic E-state index is 13.1. The molecule has 1 saturated heterocycles. The summed E-state index contributed by atoms with van der Waals surface area (Å²) < 4.78 is 14.7. The number of halogens is 1. The first kappa shape index (κ1) is 19.7. The second-order valence-electron chi connectivity index (χ2n) is 7.97. The number of pyridine rings is 1. The van der Waals surface area contributed by atoms with Crippen molar-refractivity contribution in [2.45, 2.75) is 32.6 Å². The molecule has 0 amide bonds. The summed E-state index contributed by atoms with van der Waals surface area (Å²) in [7, 11) is 0. The summed E-state index contributed by atoms with van der Waals surface area (Å²) >= 11 is 0. The third-order valence-electron chi connectivity index (χ3n) is 6.12. The van der Waals surface area contributed by atoms with Gasteiger partial charge in [-0.2, -0.15) is 0 Å². The van der Waals surface area contributed by atoms with Gasteiger partial charge in [-0.05, 0) is 70.0 Å². The van der Waals surface area contributed by atoms with E-state index in [1.165, 1.54) is 12.2 Å². The Kier molecular flexibility index (Phi) is 5.72. The Morgan fingerprint density at radius 2 is 2.07 bits per heavy atom. The molecule has 1 fully saturated rings. The van der Waals surface area contributed by atoms with E-state index in [1.807, 2.05) is 25.1 Å². The lowest BCUT2D eigenvalue weighted by atomic mass is 9.83. The number of rotatable bonds is 5. The lowest BCUT2D eigenvalue weighted by Crippen LogP contribution is -2.39. The van der Waals surface area contributed by atoms with Gasteiger partial charge in [-0.3, -0.25) is 14.0 Å². The number of carbonyl (C=O) groups is 1. The minimum atomic E-state index is -0.252. The molecule has 5 nitrogen and oxygen atoms in total.